The molecule has 0 saturated carbocycles. The van der Waals surface area contributed by atoms with Crippen LogP contribution in [0.2, 0.25) is 0 Å². The van der Waals surface area contributed by atoms with Crippen molar-refractivity contribution in [2.45, 2.75) is 19.4 Å². The van der Waals surface area contributed by atoms with Crippen LogP contribution in [-0.2, 0) is 16.0 Å². The number of anilines is 2. The molecule has 0 radical (unpaired) electrons. The SMILES string of the molecule is CC1=NN(c2ccccc2)C(=O)C12Cc1ccccc1N1CCOCC12. The van der Waals surface area contributed by atoms with Gasteiger partial charge in [-0.15, -0.1) is 0 Å². The Balaban J connectivity index is 1.64. The Morgan fingerprint density at radius 2 is 1.88 bits per heavy atom. The van der Waals surface area contributed by atoms with Crippen LogP contribution >= 0.6 is 0 Å². The summed E-state index contributed by atoms with van der Waals surface area (Å²) < 4.78 is 5.81. The first-order valence-corrected chi connectivity index (χ1v) is 9.09. The van der Waals surface area contributed by atoms with Crippen LogP contribution in [-0.4, -0.2) is 37.4 Å². The predicted octanol–water partition coefficient (Wildman–Crippen LogP) is 2.86. The van der Waals surface area contributed by atoms with Crippen LogP contribution in [0.5, 0.6) is 0 Å². The number of carbonyl (C=O) groups is 1. The van der Waals surface area contributed by atoms with E-state index in [0.29, 0.717) is 19.6 Å². The molecule has 0 bridgehead atoms. The Hall–Kier alpha value is -2.66. The molecule has 1 spiro atoms. The molecule has 132 valence electrons. The molecule has 3 aliphatic heterocycles. The topological polar surface area (TPSA) is 45.1 Å². The standard InChI is InChI=1S/C21H21N3O2/c1-15-21(20(25)24(22-15)17-8-3-2-4-9-17)13-16-7-5-6-10-18(16)23-11-12-26-14-19(21)23/h2-10,19H,11-14H2,1H3. The quantitative estimate of drug-likeness (QED) is 0.797. The highest BCUT2D eigenvalue weighted by atomic mass is 16.5. The molecular weight excluding hydrogens is 326 g/mol. The molecule has 0 aromatic heterocycles. The number of rotatable bonds is 1. The van der Waals surface area contributed by atoms with Gasteiger partial charge in [0.15, 0.2) is 0 Å². The van der Waals surface area contributed by atoms with E-state index in [2.05, 4.69) is 23.1 Å². The maximum absolute atomic E-state index is 13.7. The normalized spacial score (nSPS) is 27.3. The first-order valence-electron chi connectivity index (χ1n) is 9.09. The molecule has 1 saturated heterocycles. The van der Waals surface area contributed by atoms with Crippen LogP contribution in [0.25, 0.3) is 0 Å². The number of amides is 1. The van der Waals surface area contributed by atoms with Crippen LogP contribution in [0.15, 0.2) is 59.7 Å². The van der Waals surface area contributed by atoms with Crippen molar-refractivity contribution in [1.82, 2.24) is 0 Å². The maximum Gasteiger partial charge on any atom is 0.261 e. The van der Waals surface area contributed by atoms with Crippen molar-refractivity contribution in [2.24, 2.45) is 10.5 Å². The molecule has 2 aromatic carbocycles. The van der Waals surface area contributed by atoms with Crippen LogP contribution < -0.4 is 9.91 Å². The van der Waals surface area contributed by atoms with E-state index in [1.54, 1.807) is 5.01 Å². The molecule has 2 unspecified atom stereocenters. The molecule has 1 fully saturated rings. The van der Waals surface area contributed by atoms with Crippen molar-refractivity contribution in [3.05, 3.63) is 60.2 Å². The maximum atomic E-state index is 13.7. The van der Waals surface area contributed by atoms with E-state index in [9.17, 15) is 4.79 Å². The molecule has 5 heteroatoms. The summed E-state index contributed by atoms with van der Waals surface area (Å²) in [5, 5.41) is 6.28. The molecule has 2 atom stereocenters. The second-order valence-electron chi connectivity index (χ2n) is 7.20. The Bertz CT molecular complexity index is 895. The van der Waals surface area contributed by atoms with E-state index in [0.717, 1.165) is 17.9 Å². The number of carbonyl (C=O) groups excluding carboxylic acids is 1. The van der Waals surface area contributed by atoms with Crippen LogP contribution in [0.3, 0.4) is 0 Å². The van der Waals surface area contributed by atoms with Gasteiger partial charge in [-0.1, -0.05) is 36.4 Å². The highest BCUT2D eigenvalue weighted by molar-refractivity contribution is 6.20. The summed E-state index contributed by atoms with van der Waals surface area (Å²) in [6.45, 7) is 4.03. The van der Waals surface area contributed by atoms with Gasteiger partial charge in [0.05, 0.1) is 30.7 Å². The summed E-state index contributed by atoms with van der Waals surface area (Å²) in [5.74, 6) is 0.0520. The lowest BCUT2D eigenvalue weighted by Gasteiger charge is -2.50. The van der Waals surface area contributed by atoms with Gasteiger partial charge in [-0.25, -0.2) is 0 Å². The highest BCUT2D eigenvalue weighted by Crippen LogP contribution is 2.47. The zero-order valence-electron chi connectivity index (χ0n) is 14.8. The Kier molecular flexibility index (Phi) is 3.40. The van der Waals surface area contributed by atoms with E-state index >= 15 is 0 Å². The Morgan fingerprint density at radius 3 is 2.73 bits per heavy atom. The van der Waals surface area contributed by atoms with Crippen molar-refractivity contribution in [2.75, 3.05) is 29.7 Å². The van der Waals surface area contributed by atoms with Gasteiger partial charge in [0.1, 0.15) is 5.41 Å². The van der Waals surface area contributed by atoms with E-state index in [4.69, 9.17) is 9.84 Å². The molecule has 5 rings (SSSR count). The summed E-state index contributed by atoms with van der Waals surface area (Å²) in [7, 11) is 0. The minimum absolute atomic E-state index is 0.0175. The van der Waals surface area contributed by atoms with Crippen LogP contribution in [0.1, 0.15) is 12.5 Å². The molecular formula is C21H21N3O2. The van der Waals surface area contributed by atoms with Crippen LogP contribution in [0, 0.1) is 5.41 Å². The van der Waals surface area contributed by atoms with Crippen molar-refractivity contribution >= 4 is 23.0 Å². The number of ether oxygens (including phenoxy) is 1. The lowest BCUT2D eigenvalue weighted by Crippen LogP contribution is -2.64. The molecule has 3 aliphatic rings. The van der Waals surface area contributed by atoms with Crippen molar-refractivity contribution in [1.29, 1.82) is 0 Å². The number of morpholine rings is 1. The zero-order chi connectivity index (χ0) is 17.7. The summed E-state index contributed by atoms with van der Waals surface area (Å²) >= 11 is 0. The van der Waals surface area contributed by atoms with Gasteiger partial charge >= 0.3 is 0 Å². The number of hydrazone groups is 1. The summed E-state index contributed by atoms with van der Waals surface area (Å²) in [4.78, 5) is 16.0. The number of hydrogen-bond donors (Lipinski definition) is 0. The van der Waals surface area contributed by atoms with E-state index < -0.39 is 5.41 Å². The average molecular weight is 347 g/mol. The van der Waals surface area contributed by atoms with Gasteiger partial charge < -0.3 is 9.64 Å². The van der Waals surface area contributed by atoms with Gasteiger partial charge in [0.25, 0.3) is 5.91 Å². The third-order valence-electron chi connectivity index (χ3n) is 5.94. The third-order valence-corrected chi connectivity index (χ3v) is 5.94. The fraction of sp³-hybridized carbons (Fsp3) is 0.333. The van der Waals surface area contributed by atoms with Crippen molar-refractivity contribution in [3.8, 4) is 0 Å². The summed E-state index contributed by atoms with van der Waals surface area (Å²) in [6.07, 6.45) is 0.672. The lowest BCUT2D eigenvalue weighted by atomic mass is 9.68. The lowest BCUT2D eigenvalue weighted by molar-refractivity contribution is -0.126. The minimum atomic E-state index is -0.662. The first-order chi connectivity index (χ1) is 12.7. The predicted molar refractivity (Wildman–Crippen MR) is 102 cm³/mol. The van der Waals surface area contributed by atoms with Gasteiger partial charge in [-0.2, -0.15) is 10.1 Å². The molecule has 2 aromatic rings. The fourth-order valence-corrected chi connectivity index (χ4v) is 4.62. The Morgan fingerprint density at radius 1 is 1.12 bits per heavy atom. The van der Waals surface area contributed by atoms with Crippen molar-refractivity contribution < 1.29 is 9.53 Å². The number of para-hydroxylation sites is 2. The first kappa shape index (κ1) is 15.6. The molecule has 1 amide bonds. The third kappa shape index (κ3) is 2.01. The number of fused-ring (bicyclic) bond motifs is 4. The summed E-state index contributed by atoms with van der Waals surface area (Å²) in [6, 6.07) is 18.1. The van der Waals surface area contributed by atoms with E-state index in [1.807, 2.05) is 43.3 Å². The highest BCUT2D eigenvalue weighted by Gasteiger charge is 2.59. The summed E-state index contributed by atoms with van der Waals surface area (Å²) in [5.41, 5.74) is 3.47. The molecule has 26 heavy (non-hydrogen) atoms. The fourth-order valence-electron chi connectivity index (χ4n) is 4.62. The molecule has 3 heterocycles. The van der Waals surface area contributed by atoms with Gasteiger partial charge in [0, 0.05) is 12.2 Å². The minimum Gasteiger partial charge on any atom is -0.377 e. The van der Waals surface area contributed by atoms with E-state index in [-0.39, 0.29) is 11.9 Å². The second-order valence-corrected chi connectivity index (χ2v) is 7.20. The average Bonchev–Trinajstić information content (AvgIpc) is 2.94. The number of nitrogens with zero attached hydrogens (tertiary/aromatic N) is 3. The van der Waals surface area contributed by atoms with Gasteiger partial charge in [0.2, 0.25) is 0 Å². The zero-order valence-corrected chi connectivity index (χ0v) is 14.8. The molecule has 5 nitrogen and oxygen atoms in total. The molecule has 0 N–H and O–H groups in total. The second kappa shape index (κ2) is 5.68. The van der Waals surface area contributed by atoms with E-state index in [1.165, 1.54) is 11.3 Å². The van der Waals surface area contributed by atoms with Gasteiger partial charge in [-0.3, -0.25) is 4.79 Å². The van der Waals surface area contributed by atoms with Gasteiger partial charge in [-0.05, 0) is 37.1 Å². The number of benzene rings is 2. The van der Waals surface area contributed by atoms with Crippen molar-refractivity contribution in [3.63, 3.8) is 0 Å². The monoisotopic (exact) mass is 347 g/mol. The number of hydrogen-bond acceptors (Lipinski definition) is 4. The van der Waals surface area contributed by atoms with Crippen LogP contribution in [0.4, 0.5) is 11.4 Å². The Labute approximate surface area is 152 Å². The molecule has 0 aliphatic carbocycles. The smallest absolute Gasteiger partial charge is 0.261 e. The largest absolute Gasteiger partial charge is 0.377 e.